The quantitative estimate of drug-likeness (QED) is 0.485. The zero-order valence-corrected chi connectivity index (χ0v) is 14.5. The van der Waals surface area contributed by atoms with Gasteiger partial charge in [-0.1, -0.05) is 27.7 Å². The fraction of sp³-hybridized carbons (Fsp3) is 0.222. The van der Waals surface area contributed by atoms with Crippen LogP contribution in [0.3, 0.4) is 0 Å². The van der Waals surface area contributed by atoms with Gasteiger partial charge < -0.3 is 0 Å². The minimum absolute atomic E-state index is 0.748. The summed E-state index contributed by atoms with van der Waals surface area (Å²) < 4.78 is 0. The van der Waals surface area contributed by atoms with Gasteiger partial charge in [0.05, 0.1) is 11.7 Å². The van der Waals surface area contributed by atoms with E-state index in [1.807, 2.05) is 45.9 Å². The summed E-state index contributed by atoms with van der Waals surface area (Å²) >= 11 is 0. The molecule has 0 unspecified atom stereocenters. The molecule has 0 N–H and O–H groups in total. The molecule has 4 heterocycles. The number of nitrogens with zero attached hydrogens (tertiary/aromatic N) is 6. The average Bonchev–Trinajstić information content (AvgIpc) is 2.72. The molecule has 0 fully saturated rings. The Bertz CT molecular complexity index is 633. The minimum Gasteiger partial charge on any atom is -0.262 e. The highest BCUT2D eigenvalue weighted by Gasteiger charge is 1.90. The van der Waals surface area contributed by atoms with Gasteiger partial charge in [-0.15, -0.1) is 0 Å². The second-order valence-electron chi connectivity index (χ2n) is 3.86. The summed E-state index contributed by atoms with van der Waals surface area (Å²) in [5, 5.41) is 0.977. The summed E-state index contributed by atoms with van der Waals surface area (Å²) in [4.78, 5) is 23.9. The molecule has 0 spiro atoms. The Morgan fingerprint density at radius 3 is 2.08 bits per heavy atom. The van der Waals surface area contributed by atoms with Crippen molar-refractivity contribution in [3.8, 4) is 0 Å². The third-order valence-corrected chi connectivity index (χ3v) is 2.55. The van der Waals surface area contributed by atoms with Gasteiger partial charge in [-0.2, -0.15) is 0 Å². The molecule has 0 saturated heterocycles. The second-order valence-corrected chi connectivity index (χ2v) is 3.86. The average molecular weight is 322 g/mol. The van der Waals surface area contributed by atoms with Gasteiger partial charge in [0.15, 0.2) is 5.65 Å². The van der Waals surface area contributed by atoms with Gasteiger partial charge in [-0.05, 0) is 18.2 Å². The number of hydrogen-bond donors (Lipinski definition) is 0. The Balaban J connectivity index is 0.000000199. The van der Waals surface area contributed by atoms with Crippen molar-refractivity contribution in [2.24, 2.45) is 0 Å². The first kappa shape index (κ1) is 19.0. The molecule has 0 aliphatic heterocycles. The molecule has 124 valence electrons. The van der Waals surface area contributed by atoms with E-state index in [0.717, 1.165) is 22.1 Å². The van der Waals surface area contributed by atoms with Crippen LogP contribution >= 0.6 is 0 Å². The molecule has 6 heteroatoms. The number of pyridine rings is 2. The van der Waals surface area contributed by atoms with Gasteiger partial charge in [0, 0.05) is 36.4 Å². The van der Waals surface area contributed by atoms with Crippen molar-refractivity contribution >= 4 is 22.1 Å². The third kappa shape index (κ3) is 5.64. The van der Waals surface area contributed by atoms with E-state index in [1.54, 1.807) is 37.2 Å². The highest BCUT2D eigenvalue weighted by molar-refractivity contribution is 5.72. The maximum atomic E-state index is 4.08. The lowest BCUT2D eigenvalue weighted by molar-refractivity contribution is 1.18. The summed E-state index contributed by atoms with van der Waals surface area (Å²) in [7, 11) is 0. The molecule has 0 amide bonds. The normalized spacial score (nSPS) is 8.83. The summed E-state index contributed by atoms with van der Waals surface area (Å²) in [5.74, 6) is 0. The smallest absolute Gasteiger partial charge is 0.162 e. The van der Waals surface area contributed by atoms with Crippen LogP contribution in [0.25, 0.3) is 22.1 Å². The Labute approximate surface area is 142 Å². The van der Waals surface area contributed by atoms with Crippen molar-refractivity contribution in [1.82, 2.24) is 29.9 Å². The number of hydrogen-bond acceptors (Lipinski definition) is 6. The van der Waals surface area contributed by atoms with E-state index in [2.05, 4.69) is 29.9 Å². The SMILES string of the molecule is CC.CC.c1cc2nccnc2cn1.c1cnc2ncncc2c1. The van der Waals surface area contributed by atoms with E-state index < -0.39 is 0 Å². The van der Waals surface area contributed by atoms with Crippen molar-refractivity contribution < 1.29 is 0 Å². The Hall–Kier alpha value is -3.02. The van der Waals surface area contributed by atoms with Crippen LogP contribution in [0, 0.1) is 0 Å². The molecule has 0 aliphatic rings. The maximum absolute atomic E-state index is 4.08. The molecule has 6 nitrogen and oxygen atoms in total. The van der Waals surface area contributed by atoms with E-state index in [1.165, 1.54) is 6.33 Å². The van der Waals surface area contributed by atoms with Crippen molar-refractivity contribution in [2.75, 3.05) is 0 Å². The summed E-state index contributed by atoms with van der Waals surface area (Å²) in [6, 6.07) is 5.64. The highest BCUT2D eigenvalue weighted by atomic mass is 14.9. The number of aromatic nitrogens is 6. The molecule has 0 aromatic carbocycles. The van der Waals surface area contributed by atoms with Crippen LogP contribution in [0.1, 0.15) is 27.7 Å². The molecule has 4 rings (SSSR count). The van der Waals surface area contributed by atoms with Gasteiger partial charge in [-0.25, -0.2) is 15.0 Å². The second kappa shape index (κ2) is 11.5. The van der Waals surface area contributed by atoms with Crippen LogP contribution in [0.2, 0.25) is 0 Å². The molecule has 24 heavy (non-hydrogen) atoms. The van der Waals surface area contributed by atoms with Gasteiger partial charge >= 0.3 is 0 Å². The predicted octanol–water partition coefficient (Wildman–Crippen LogP) is 4.10. The fourth-order valence-electron chi connectivity index (χ4n) is 1.63. The van der Waals surface area contributed by atoms with Gasteiger partial charge in [0.25, 0.3) is 0 Å². The van der Waals surface area contributed by atoms with E-state index in [-0.39, 0.29) is 0 Å². The molecule has 0 bridgehead atoms. The molecule has 0 aliphatic carbocycles. The van der Waals surface area contributed by atoms with Crippen LogP contribution < -0.4 is 0 Å². The number of rotatable bonds is 0. The predicted molar refractivity (Wildman–Crippen MR) is 97.4 cm³/mol. The first-order valence-corrected chi connectivity index (χ1v) is 7.95. The summed E-state index contributed by atoms with van der Waals surface area (Å²) in [6.07, 6.45) is 11.7. The zero-order chi connectivity index (χ0) is 17.6. The third-order valence-electron chi connectivity index (χ3n) is 2.55. The molecule has 0 atom stereocenters. The molecule has 0 radical (unpaired) electrons. The van der Waals surface area contributed by atoms with Gasteiger partial charge in [0.2, 0.25) is 0 Å². The zero-order valence-electron chi connectivity index (χ0n) is 14.5. The molecule has 0 saturated carbocycles. The summed E-state index contributed by atoms with van der Waals surface area (Å²) in [6.45, 7) is 8.00. The van der Waals surface area contributed by atoms with Crippen LogP contribution in [0.4, 0.5) is 0 Å². The minimum atomic E-state index is 0.748. The first-order chi connectivity index (χ1) is 11.9. The molecular weight excluding hydrogens is 300 g/mol. The Morgan fingerprint density at radius 1 is 0.625 bits per heavy atom. The maximum Gasteiger partial charge on any atom is 0.162 e. The van der Waals surface area contributed by atoms with E-state index >= 15 is 0 Å². The lowest BCUT2D eigenvalue weighted by Crippen LogP contribution is -1.82. The fourth-order valence-corrected chi connectivity index (χ4v) is 1.63. The van der Waals surface area contributed by atoms with E-state index in [0.29, 0.717) is 0 Å². The lowest BCUT2D eigenvalue weighted by atomic mass is 10.3. The van der Waals surface area contributed by atoms with Gasteiger partial charge in [0.1, 0.15) is 11.8 Å². The monoisotopic (exact) mass is 322 g/mol. The van der Waals surface area contributed by atoms with Gasteiger partial charge in [-0.3, -0.25) is 15.0 Å². The molecular formula is C18H22N6. The standard InChI is InChI=1S/2C7H5N3.2C2H6/c1-2-8-5-7-6(1)9-3-4-10-7;1-2-6-4-8-5-10-7(6)9-3-1;2*1-2/h2*1-5H;2*1-2H3. The Morgan fingerprint density at radius 2 is 1.38 bits per heavy atom. The summed E-state index contributed by atoms with van der Waals surface area (Å²) in [5.41, 5.74) is 2.47. The molecule has 4 aromatic heterocycles. The largest absolute Gasteiger partial charge is 0.262 e. The molecule has 4 aromatic rings. The van der Waals surface area contributed by atoms with Crippen LogP contribution in [0.15, 0.2) is 61.7 Å². The van der Waals surface area contributed by atoms with Crippen molar-refractivity contribution in [3.63, 3.8) is 0 Å². The van der Waals surface area contributed by atoms with E-state index in [9.17, 15) is 0 Å². The van der Waals surface area contributed by atoms with Crippen LogP contribution in [-0.2, 0) is 0 Å². The van der Waals surface area contributed by atoms with Crippen molar-refractivity contribution in [1.29, 1.82) is 0 Å². The Kier molecular flexibility index (Phi) is 9.14. The first-order valence-electron chi connectivity index (χ1n) is 7.95. The highest BCUT2D eigenvalue weighted by Crippen LogP contribution is 2.03. The van der Waals surface area contributed by atoms with Crippen LogP contribution in [-0.4, -0.2) is 29.9 Å². The van der Waals surface area contributed by atoms with Crippen molar-refractivity contribution in [3.05, 3.63) is 61.7 Å². The lowest BCUT2D eigenvalue weighted by Gasteiger charge is -1.90. The van der Waals surface area contributed by atoms with E-state index in [4.69, 9.17) is 0 Å². The number of fused-ring (bicyclic) bond motifs is 2. The van der Waals surface area contributed by atoms with Crippen molar-refractivity contribution in [2.45, 2.75) is 27.7 Å². The van der Waals surface area contributed by atoms with Crippen LogP contribution in [0.5, 0.6) is 0 Å². The topological polar surface area (TPSA) is 77.3 Å².